The van der Waals surface area contributed by atoms with E-state index in [9.17, 15) is 4.39 Å². The standard InChI is InChI=1S/C11H12BrFN2/c1-11(2,7-14)15-6-8-5-9(12)3-4-10(8)13/h3-5,15H,6H2,1-2H3. The Morgan fingerprint density at radius 1 is 1.53 bits per heavy atom. The zero-order valence-electron chi connectivity index (χ0n) is 8.64. The largest absolute Gasteiger partial charge is 0.296 e. The highest BCUT2D eigenvalue weighted by molar-refractivity contribution is 9.10. The number of nitrogens with one attached hydrogen (secondary N) is 1. The molecule has 0 aromatic heterocycles. The minimum atomic E-state index is -0.644. The van der Waals surface area contributed by atoms with Crippen molar-refractivity contribution >= 4 is 15.9 Å². The lowest BCUT2D eigenvalue weighted by atomic mass is 10.1. The number of hydrogen-bond acceptors (Lipinski definition) is 2. The number of benzene rings is 1. The molecule has 0 radical (unpaired) electrons. The Balaban J connectivity index is 2.74. The molecular formula is C11H12BrFN2. The van der Waals surface area contributed by atoms with Crippen LogP contribution in [-0.4, -0.2) is 5.54 Å². The van der Waals surface area contributed by atoms with E-state index in [1.807, 2.05) is 0 Å². The normalized spacial score (nSPS) is 11.1. The van der Waals surface area contributed by atoms with Crippen LogP contribution in [0.5, 0.6) is 0 Å². The van der Waals surface area contributed by atoms with E-state index in [0.29, 0.717) is 12.1 Å². The number of nitrogens with zero attached hydrogens (tertiary/aromatic N) is 1. The molecule has 1 rings (SSSR count). The topological polar surface area (TPSA) is 35.8 Å². The van der Waals surface area contributed by atoms with Gasteiger partial charge in [0.2, 0.25) is 0 Å². The van der Waals surface area contributed by atoms with E-state index in [1.165, 1.54) is 6.07 Å². The molecule has 0 aliphatic rings. The predicted octanol–water partition coefficient (Wildman–Crippen LogP) is 2.98. The van der Waals surface area contributed by atoms with Crippen LogP contribution in [0.15, 0.2) is 22.7 Å². The fraction of sp³-hybridized carbons (Fsp3) is 0.364. The van der Waals surface area contributed by atoms with Crippen molar-refractivity contribution in [1.29, 1.82) is 5.26 Å². The third-order valence-electron chi connectivity index (χ3n) is 2.01. The second kappa shape index (κ2) is 4.73. The van der Waals surface area contributed by atoms with Gasteiger partial charge in [-0.3, -0.25) is 5.32 Å². The SMILES string of the molecule is CC(C)(C#N)NCc1cc(Br)ccc1F. The van der Waals surface area contributed by atoms with Gasteiger partial charge in [0.05, 0.1) is 6.07 Å². The minimum Gasteiger partial charge on any atom is -0.296 e. The van der Waals surface area contributed by atoms with Crippen LogP contribution in [0.4, 0.5) is 4.39 Å². The molecule has 0 fully saturated rings. The molecule has 0 spiro atoms. The molecule has 15 heavy (non-hydrogen) atoms. The highest BCUT2D eigenvalue weighted by atomic mass is 79.9. The highest BCUT2D eigenvalue weighted by Gasteiger charge is 2.15. The Morgan fingerprint density at radius 2 is 2.20 bits per heavy atom. The zero-order valence-corrected chi connectivity index (χ0v) is 10.2. The van der Waals surface area contributed by atoms with Crippen molar-refractivity contribution in [1.82, 2.24) is 5.32 Å². The summed E-state index contributed by atoms with van der Waals surface area (Å²) in [5.74, 6) is -0.264. The minimum absolute atomic E-state index is 0.264. The Morgan fingerprint density at radius 3 is 2.80 bits per heavy atom. The van der Waals surface area contributed by atoms with Gasteiger partial charge in [0.1, 0.15) is 11.4 Å². The molecule has 0 saturated heterocycles. The lowest BCUT2D eigenvalue weighted by Gasteiger charge is -2.17. The van der Waals surface area contributed by atoms with Gasteiger partial charge in [-0.05, 0) is 32.0 Å². The van der Waals surface area contributed by atoms with Gasteiger partial charge >= 0.3 is 0 Å². The zero-order chi connectivity index (χ0) is 11.5. The molecular weight excluding hydrogens is 259 g/mol. The summed E-state index contributed by atoms with van der Waals surface area (Å²) in [6.07, 6.45) is 0. The van der Waals surface area contributed by atoms with Crippen LogP contribution in [0.2, 0.25) is 0 Å². The molecule has 0 bridgehead atoms. The molecule has 0 aliphatic heterocycles. The molecule has 1 aromatic rings. The molecule has 4 heteroatoms. The molecule has 1 N–H and O–H groups in total. The number of nitriles is 1. The first-order valence-corrected chi connectivity index (χ1v) is 5.34. The number of rotatable bonds is 3. The molecule has 80 valence electrons. The predicted molar refractivity (Wildman–Crippen MR) is 60.6 cm³/mol. The average Bonchev–Trinajstić information content (AvgIpc) is 2.20. The van der Waals surface area contributed by atoms with E-state index in [2.05, 4.69) is 27.3 Å². The van der Waals surface area contributed by atoms with Crippen molar-refractivity contribution in [3.63, 3.8) is 0 Å². The Bertz CT molecular complexity index is 396. The van der Waals surface area contributed by atoms with Gasteiger partial charge < -0.3 is 0 Å². The van der Waals surface area contributed by atoms with Crippen molar-refractivity contribution in [3.05, 3.63) is 34.1 Å². The monoisotopic (exact) mass is 270 g/mol. The first kappa shape index (κ1) is 12.2. The second-order valence-electron chi connectivity index (χ2n) is 3.83. The molecule has 0 aliphatic carbocycles. The lowest BCUT2D eigenvalue weighted by molar-refractivity contribution is 0.474. The van der Waals surface area contributed by atoms with Crippen molar-refractivity contribution < 1.29 is 4.39 Å². The van der Waals surface area contributed by atoms with E-state index in [1.54, 1.807) is 26.0 Å². The van der Waals surface area contributed by atoms with Gasteiger partial charge in [0, 0.05) is 16.6 Å². The third kappa shape index (κ3) is 3.61. The summed E-state index contributed by atoms with van der Waals surface area (Å²) >= 11 is 3.27. The first-order chi connectivity index (χ1) is 6.94. The van der Waals surface area contributed by atoms with Crippen molar-refractivity contribution in [2.45, 2.75) is 25.9 Å². The van der Waals surface area contributed by atoms with Crippen molar-refractivity contribution in [2.75, 3.05) is 0 Å². The van der Waals surface area contributed by atoms with Crippen LogP contribution in [0.25, 0.3) is 0 Å². The van der Waals surface area contributed by atoms with Gasteiger partial charge in [0.25, 0.3) is 0 Å². The Hall–Kier alpha value is -0.920. The van der Waals surface area contributed by atoms with E-state index in [-0.39, 0.29) is 5.82 Å². The third-order valence-corrected chi connectivity index (χ3v) is 2.50. The van der Waals surface area contributed by atoms with Crippen LogP contribution in [0.3, 0.4) is 0 Å². The summed E-state index contributed by atoms with van der Waals surface area (Å²) in [5.41, 5.74) is -0.0953. The van der Waals surface area contributed by atoms with Crippen LogP contribution < -0.4 is 5.32 Å². The molecule has 0 atom stereocenters. The summed E-state index contributed by atoms with van der Waals surface area (Å²) in [7, 11) is 0. The molecule has 0 saturated carbocycles. The fourth-order valence-corrected chi connectivity index (χ4v) is 1.44. The van der Waals surface area contributed by atoms with Gasteiger partial charge in [-0.15, -0.1) is 0 Å². The van der Waals surface area contributed by atoms with Gasteiger partial charge in [-0.1, -0.05) is 15.9 Å². The van der Waals surface area contributed by atoms with E-state index < -0.39 is 5.54 Å². The molecule has 1 aromatic carbocycles. The van der Waals surface area contributed by atoms with Crippen LogP contribution in [-0.2, 0) is 6.54 Å². The summed E-state index contributed by atoms with van der Waals surface area (Å²) in [4.78, 5) is 0. The molecule has 0 unspecified atom stereocenters. The van der Waals surface area contributed by atoms with E-state index in [0.717, 1.165) is 4.47 Å². The van der Waals surface area contributed by atoms with Gasteiger partial charge in [0.15, 0.2) is 0 Å². The summed E-state index contributed by atoms with van der Waals surface area (Å²) < 4.78 is 14.1. The lowest BCUT2D eigenvalue weighted by Crippen LogP contribution is -2.37. The molecule has 0 heterocycles. The maximum Gasteiger partial charge on any atom is 0.127 e. The van der Waals surface area contributed by atoms with Crippen LogP contribution in [0.1, 0.15) is 19.4 Å². The average molecular weight is 271 g/mol. The summed E-state index contributed by atoms with van der Waals surface area (Å²) in [6.45, 7) is 3.84. The number of hydrogen-bond donors (Lipinski definition) is 1. The summed E-state index contributed by atoms with van der Waals surface area (Å²) in [6, 6.07) is 6.85. The molecule has 2 nitrogen and oxygen atoms in total. The Labute approximate surface area is 97.2 Å². The quantitative estimate of drug-likeness (QED) is 0.917. The van der Waals surface area contributed by atoms with E-state index >= 15 is 0 Å². The number of halogens is 2. The smallest absolute Gasteiger partial charge is 0.127 e. The summed E-state index contributed by atoms with van der Waals surface area (Å²) in [5, 5.41) is 11.8. The van der Waals surface area contributed by atoms with Crippen LogP contribution >= 0.6 is 15.9 Å². The maximum atomic E-state index is 13.3. The maximum absolute atomic E-state index is 13.3. The highest BCUT2D eigenvalue weighted by Crippen LogP contribution is 2.16. The fourth-order valence-electron chi connectivity index (χ4n) is 1.03. The second-order valence-corrected chi connectivity index (χ2v) is 4.74. The van der Waals surface area contributed by atoms with Gasteiger partial charge in [-0.2, -0.15) is 5.26 Å². The first-order valence-electron chi connectivity index (χ1n) is 4.55. The van der Waals surface area contributed by atoms with Crippen molar-refractivity contribution in [2.24, 2.45) is 0 Å². The van der Waals surface area contributed by atoms with Crippen LogP contribution in [0, 0.1) is 17.1 Å². The van der Waals surface area contributed by atoms with Gasteiger partial charge in [-0.25, -0.2) is 4.39 Å². The Kier molecular flexibility index (Phi) is 3.83. The van der Waals surface area contributed by atoms with E-state index in [4.69, 9.17) is 5.26 Å². The van der Waals surface area contributed by atoms with Crippen molar-refractivity contribution in [3.8, 4) is 6.07 Å². The molecule has 0 amide bonds.